The number of Topliss-reactive ketones (excluding diaryl/α,β-unsaturated/α-hetero) is 1. The number of ether oxygens (including phenoxy) is 5. The number of aliphatic hydroxyl groups is 5. The monoisotopic (exact) mass is 1190 g/mol. The minimum Gasteiger partial charge on any atom is -0.479 e. The number of carbonyl (C=O) groups excluding carboxylic acids is 8. The maximum Gasteiger partial charge on any atom is 0.413 e. The van der Waals surface area contributed by atoms with E-state index < -0.39 is 133 Å². The molecule has 84 heavy (non-hydrogen) atoms. The molecule has 3 aliphatic heterocycles. The van der Waals surface area contributed by atoms with Crippen LogP contribution >= 0.6 is 11.3 Å². The van der Waals surface area contributed by atoms with E-state index in [1.807, 2.05) is 37.3 Å². The second-order valence-electron chi connectivity index (χ2n) is 22.5. The summed E-state index contributed by atoms with van der Waals surface area (Å²) in [7, 11) is 0. The lowest BCUT2D eigenvalue weighted by Gasteiger charge is -2.59. The number of carboxylic acid groups (broad SMARTS) is 1. The number of benzene rings is 2. The molecule has 2 aromatic carbocycles. The smallest absolute Gasteiger partial charge is 0.413 e. The van der Waals surface area contributed by atoms with Gasteiger partial charge in [-0.1, -0.05) is 55.8 Å². The van der Waals surface area contributed by atoms with Crippen molar-refractivity contribution in [2.75, 3.05) is 23.8 Å². The van der Waals surface area contributed by atoms with E-state index in [1.165, 1.54) is 29.5 Å². The number of ketones is 2. The molecule has 4 aliphatic carbocycles. The Labute approximate surface area is 483 Å². The molecule has 448 valence electrons. The van der Waals surface area contributed by atoms with Crippen LogP contribution in [-0.2, 0) is 75.2 Å². The van der Waals surface area contributed by atoms with Crippen LogP contribution in [0.3, 0.4) is 0 Å². The largest absolute Gasteiger partial charge is 0.479 e. The summed E-state index contributed by atoms with van der Waals surface area (Å²) in [5.41, 5.74) is -0.179. The van der Waals surface area contributed by atoms with E-state index in [9.17, 15) is 73.8 Å². The van der Waals surface area contributed by atoms with Crippen LogP contribution in [-0.4, -0.2) is 156 Å². The first kappa shape index (κ1) is 59.8. The summed E-state index contributed by atoms with van der Waals surface area (Å²) in [6.07, 6.45) is -5.27. The highest BCUT2D eigenvalue weighted by molar-refractivity contribution is 7.15. The lowest BCUT2D eigenvalue weighted by atomic mass is 9.46. The minimum atomic E-state index is -2.02. The second-order valence-corrected chi connectivity index (χ2v) is 23.6. The summed E-state index contributed by atoms with van der Waals surface area (Å²) in [5, 5.41) is 71.2. The Kier molecular flexibility index (Phi) is 17.1. The molecule has 6 fully saturated rings. The lowest BCUT2D eigenvalue weighted by Crippen LogP contribution is -2.63. The van der Waals surface area contributed by atoms with Gasteiger partial charge in [-0.25, -0.2) is 19.4 Å². The van der Waals surface area contributed by atoms with Gasteiger partial charge in [0.15, 0.2) is 34.7 Å². The van der Waals surface area contributed by atoms with Gasteiger partial charge in [-0.15, -0.1) is 16.4 Å². The van der Waals surface area contributed by atoms with Gasteiger partial charge in [0.05, 0.1) is 24.3 Å². The summed E-state index contributed by atoms with van der Waals surface area (Å²) in [6, 6.07) is 11.4. The Morgan fingerprint density at radius 3 is 2.33 bits per heavy atom. The van der Waals surface area contributed by atoms with Crippen LogP contribution in [0, 0.1) is 28.6 Å². The number of imide groups is 1. The number of hydrogen-bond donors (Lipinski definition) is 9. The first-order valence-corrected chi connectivity index (χ1v) is 28.3. The number of aliphatic hydroxyl groups excluding tert-OH is 5. The number of thiazole rings is 1. The average molecular weight is 1190 g/mol. The molecule has 4 heterocycles. The van der Waals surface area contributed by atoms with Gasteiger partial charge >= 0.3 is 18.0 Å². The normalized spacial score (nSPS) is 32.1. The molecule has 0 radical (unpaired) electrons. The zero-order valence-corrected chi connectivity index (χ0v) is 46.3. The maximum atomic E-state index is 14.0. The number of aliphatic carboxylic acids is 1. The predicted molar refractivity (Wildman–Crippen MR) is 286 cm³/mol. The van der Waals surface area contributed by atoms with Crippen LogP contribution in [0.1, 0.15) is 99.5 Å². The molecular formula is C57H63N5O21S. The summed E-state index contributed by atoms with van der Waals surface area (Å²) in [4.78, 5) is 122. The van der Waals surface area contributed by atoms with E-state index in [1.54, 1.807) is 18.3 Å². The van der Waals surface area contributed by atoms with Gasteiger partial charge < -0.3 is 69.8 Å². The molecule has 3 saturated carbocycles. The number of nitrogens with zero attached hydrogens (tertiary/aromatic N) is 2. The topological polar surface area (TPSA) is 383 Å². The van der Waals surface area contributed by atoms with Crippen LogP contribution in [0.2, 0.25) is 0 Å². The highest BCUT2D eigenvalue weighted by Crippen LogP contribution is 2.70. The van der Waals surface area contributed by atoms with Crippen molar-refractivity contribution in [3.8, 4) is 5.75 Å². The van der Waals surface area contributed by atoms with Crippen LogP contribution in [0.4, 0.5) is 15.6 Å². The summed E-state index contributed by atoms with van der Waals surface area (Å²) >= 11 is 1.18. The van der Waals surface area contributed by atoms with E-state index in [0.717, 1.165) is 22.4 Å². The second kappa shape index (κ2) is 24.0. The van der Waals surface area contributed by atoms with Gasteiger partial charge in [0.1, 0.15) is 37.3 Å². The van der Waals surface area contributed by atoms with Crippen molar-refractivity contribution in [2.24, 2.45) is 28.6 Å². The zero-order chi connectivity index (χ0) is 60.0. The third kappa shape index (κ3) is 11.5. The highest BCUT2D eigenvalue weighted by Gasteiger charge is 2.76. The quantitative estimate of drug-likeness (QED) is 0.0777. The fourth-order valence-corrected chi connectivity index (χ4v) is 14.2. The molecule has 5 amide bonds. The molecule has 3 aromatic rings. The molecule has 7 aliphatic rings. The van der Waals surface area contributed by atoms with E-state index in [-0.39, 0.29) is 84.5 Å². The first-order chi connectivity index (χ1) is 40.0. The van der Waals surface area contributed by atoms with Gasteiger partial charge in [0.25, 0.3) is 11.8 Å². The maximum absolute atomic E-state index is 14.0. The van der Waals surface area contributed by atoms with Gasteiger partial charge in [-0.3, -0.25) is 34.1 Å². The molecule has 1 unspecified atom stereocenters. The van der Waals surface area contributed by atoms with E-state index >= 15 is 0 Å². The Morgan fingerprint density at radius 2 is 1.61 bits per heavy atom. The molecule has 27 heteroatoms. The Hall–Kier alpha value is -7.34. The summed E-state index contributed by atoms with van der Waals surface area (Å²) in [5.74, 6) is -6.41. The third-order valence-electron chi connectivity index (χ3n) is 17.4. The number of aromatic nitrogens is 1. The van der Waals surface area contributed by atoms with Crippen molar-refractivity contribution in [3.05, 3.63) is 94.0 Å². The fraction of sp³-hybridized carbons (Fsp3) is 0.509. The van der Waals surface area contributed by atoms with Gasteiger partial charge in [-0.05, 0) is 72.9 Å². The fourth-order valence-electron chi connectivity index (χ4n) is 13.3. The van der Waals surface area contributed by atoms with Crippen molar-refractivity contribution in [3.63, 3.8) is 0 Å². The molecule has 0 bridgehead atoms. The lowest BCUT2D eigenvalue weighted by molar-refractivity contribution is -0.271. The Balaban J connectivity index is 0.736. The molecule has 10 rings (SSSR count). The zero-order valence-electron chi connectivity index (χ0n) is 45.5. The van der Waals surface area contributed by atoms with Crippen LogP contribution < -0.4 is 20.7 Å². The van der Waals surface area contributed by atoms with Gasteiger partial charge in [0, 0.05) is 72.0 Å². The molecule has 14 atom stereocenters. The average Bonchev–Trinajstić information content (AvgIpc) is 1.47. The van der Waals surface area contributed by atoms with E-state index in [0.29, 0.717) is 29.9 Å². The van der Waals surface area contributed by atoms with Crippen molar-refractivity contribution >= 4 is 75.4 Å². The summed E-state index contributed by atoms with van der Waals surface area (Å²) in [6.45, 7) is 2.67. The number of allylic oxidation sites excluding steroid dienone is 4. The number of hydroxylamine groups is 2. The van der Waals surface area contributed by atoms with Crippen molar-refractivity contribution in [2.45, 2.75) is 139 Å². The molecule has 1 aromatic heterocycles. The minimum absolute atomic E-state index is 0.0151. The third-order valence-corrected chi connectivity index (χ3v) is 18.3. The number of rotatable bonds is 19. The molecular weight excluding hydrogens is 1120 g/mol. The van der Waals surface area contributed by atoms with Crippen LogP contribution in [0.5, 0.6) is 5.75 Å². The van der Waals surface area contributed by atoms with E-state index in [2.05, 4.69) is 27.9 Å². The number of nitrogens with one attached hydrogen (secondary N) is 3. The molecule has 3 saturated heterocycles. The number of fused-ring (bicyclic) bond motifs is 7. The number of carbonyl (C=O) groups is 9. The van der Waals surface area contributed by atoms with Crippen molar-refractivity contribution in [1.29, 1.82) is 0 Å². The van der Waals surface area contributed by atoms with E-state index in [4.69, 9.17) is 28.5 Å². The van der Waals surface area contributed by atoms with Crippen molar-refractivity contribution < 1.29 is 102 Å². The van der Waals surface area contributed by atoms with Gasteiger partial charge in [-0.2, -0.15) is 0 Å². The number of carboxylic acids is 1. The Bertz CT molecular complexity index is 3190. The number of anilines is 2. The number of hydrogen-bond acceptors (Lipinski definition) is 22. The Morgan fingerprint density at radius 1 is 0.869 bits per heavy atom. The first-order valence-electron chi connectivity index (χ1n) is 27.4. The molecule has 26 nitrogen and oxygen atoms in total. The van der Waals surface area contributed by atoms with Crippen molar-refractivity contribution in [1.82, 2.24) is 15.4 Å². The van der Waals surface area contributed by atoms with Crippen LogP contribution in [0.25, 0.3) is 0 Å². The molecule has 9 N–H and O–H groups in total. The van der Waals surface area contributed by atoms with Gasteiger partial charge in [0.2, 0.25) is 18.1 Å². The molecule has 0 spiro atoms. The SMILES string of the molecule is C[C@]12C=CC(=O)C=C1CC[C@@H]1[C@@H]2[C@@H](O)C[C@@]2(C)[C@H]1C[C@H]1OC(c3ccc(Cc4cnc(NC(=O)OCc5ccc(O[C@@H]6O[C@H](C(=O)O)[C@@H](O)[C@H](O)[C@H]6O)c(NC(=O)CCNC(=O)CCC(=O)ON6C(=O)CCC6=O)c5)s4)cc3)O[C@]12C(=O)CO. The predicted octanol–water partition coefficient (Wildman–Crippen LogP) is 2.19. The standard InChI is InChI=1S/C57H63N5O21S/c1-55-17-15-31(64)21-30(55)8-9-33-34-22-39-57(38(66)25-63,56(34,2)23-36(65)45(33)55)82-51(80-39)29-6-3-27(4-7-29)19-32-24-59-53(84-32)61-54(77)78-26-28-5-10-37(79-52-48(74)46(72)47(73)49(81-52)50(75)76)35(20-28)60-41(68)16-18-58-40(67)11-14-44(71)83-62-42(69)12-13-43(62)70/h3-7,10,15,17,20-21,24,33-34,36,39,45-49,51-52,63,65,72-74H,8-9,11-14,16,18-19,22-23,25-26H2,1-2H3,(H,58,67)(H,60,68)(H,75,76)(H,59,61,77)/t33-,34-,36-,39+,45+,46-,47-,48+,49-,51?,52+,55-,56-,57+/m0/s1. The summed E-state index contributed by atoms with van der Waals surface area (Å²) < 4.78 is 29.8. The number of amides is 5. The highest BCUT2D eigenvalue weighted by atomic mass is 32.1. The van der Waals surface area contributed by atoms with Crippen LogP contribution in [0.15, 0.2) is 72.5 Å².